The van der Waals surface area contributed by atoms with Crippen LogP contribution in [0.2, 0.25) is 0 Å². The van der Waals surface area contributed by atoms with Crippen molar-refractivity contribution in [1.29, 1.82) is 0 Å². The average Bonchev–Trinajstić information content (AvgIpc) is 2.24. The molecule has 12 heavy (non-hydrogen) atoms. The van der Waals surface area contributed by atoms with Gasteiger partial charge in [0.2, 0.25) is 0 Å². The molecule has 0 aromatic heterocycles. The molecule has 2 nitrogen and oxygen atoms in total. The molecule has 0 bridgehead atoms. The Bertz CT molecular complexity index is 482. The van der Waals surface area contributed by atoms with E-state index in [0.717, 1.165) is 7.11 Å². The number of ether oxygens (including phenoxy) is 1. The Kier molecular flexibility index (Phi) is 1.32. The fourth-order valence-electron chi connectivity index (χ4n) is 0.587. The van der Waals surface area contributed by atoms with Crippen molar-refractivity contribution in [3.05, 3.63) is 32.8 Å². The predicted octanol–water partition coefficient (Wildman–Crippen LogP) is 2.39. The zero-order chi connectivity index (χ0) is 14.2. The summed E-state index contributed by atoms with van der Waals surface area (Å²) in [6, 6.07) is -1.57. The van der Waals surface area contributed by atoms with E-state index in [4.69, 9.17) is 8.22 Å². The number of benzene rings is 1. The molecular weight excluding hydrogens is 267 g/mol. The summed E-state index contributed by atoms with van der Waals surface area (Å²) in [5, 5.41) is 0. The summed E-state index contributed by atoms with van der Waals surface area (Å²) < 4.78 is 49.3. The van der Waals surface area contributed by atoms with Crippen LogP contribution in [-0.2, 0) is 4.74 Å². The Balaban J connectivity index is 3.72. The second-order valence-corrected chi connectivity index (χ2v) is 3.01. The lowest BCUT2D eigenvalue weighted by molar-refractivity contribution is 0.0600. The third-order valence-corrected chi connectivity index (χ3v) is 1.97. The molecule has 0 unspecified atom stereocenters. The maximum absolute atomic E-state index is 11.4. The zero-order valence-corrected chi connectivity index (χ0v) is 8.35. The van der Waals surface area contributed by atoms with Crippen LogP contribution >= 0.6 is 22.6 Å². The van der Waals surface area contributed by atoms with Gasteiger partial charge >= 0.3 is 5.97 Å². The topological polar surface area (TPSA) is 26.3 Å². The SMILES string of the molecule is [2H]c1c([2H])c(C([2H])([2H])[2H])c(I)c([2H])c1C(=O)OC. The van der Waals surface area contributed by atoms with Gasteiger partial charge < -0.3 is 4.74 Å². The van der Waals surface area contributed by atoms with Crippen LogP contribution < -0.4 is 0 Å². The van der Waals surface area contributed by atoms with Crippen molar-refractivity contribution in [1.82, 2.24) is 0 Å². The quantitative estimate of drug-likeness (QED) is 0.584. The Morgan fingerprint density at radius 3 is 3.08 bits per heavy atom. The first kappa shape index (κ1) is 4.09. The number of esters is 1. The third kappa shape index (κ3) is 1.97. The number of halogens is 1. The molecule has 0 saturated carbocycles. The predicted molar refractivity (Wildman–Crippen MR) is 55.2 cm³/mol. The van der Waals surface area contributed by atoms with E-state index in [-0.39, 0.29) is 14.7 Å². The Labute approximate surface area is 93.5 Å². The van der Waals surface area contributed by atoms with E-state index in [9.17, 15) is 4.79 Å². The van der Waals surface area contributed by atoms with Crippen molar-refractivity contribution < 1.29 is 17.8 Å². The molecule has 0 saturated heterocycles. The van der Waals surface area contributed by atoms with Crippen LogP contribution in [0.15, 0.2) is 18.1 Å². The van der Waals surface area contributed by atoms with Gasteiger partial charge in [0, 0.05) is 7.68 Å². The first-order valence-corrected chi connectivity index (χ1v) is 4.08. The minimum absolute atomic E-state index is 0.0333. The second kappa shape index (κ2) is 3.89. The fourth-order valence-corrected chi connectivity index (χ4v) is 0.992. The van der Waals surface area contributed by atoms with E-state index in [1.165, 1.54) is 0 Å². The summed E-state index contributed by atoms with van der Waals surface area (Å²) in [6.45, 7) is -2.60. The van der Waals surface area contributed by atoms with E-state index in [0.29, 0.717) is 0 Å². The van der Waals surface area contributed by atoms with Crippen molar-refractivity contribution in [2.75, 3.05) is 7.11 Å². The van der Waals surface area contributed by atoms with Gasteiger partial charge in [-0.05, 0) is 47.1 Å². The Morgan fingerprint density at radius 2 is 2.50 bits per heavy atom. The first-order chi connectivity index (χ1) is 8.12. The molecule has 0 heterocycles. The largest absolute Gasteiger partial charge is 0.465 e. The smallest absolute Gasteiger partial charge is 0.337 e. The minimum Gasteiger partial charge on any atom is -0.465 e. The van der Waals surface area contributed by atoms with Gasteiger partial charge in [-0.25, -0.2) is 4.79 Å². The molecule has 64 valence electrons. The van der Waals surface area contributed by atoms with Gasteiger partial charge in [-0.2, -0.15) is 0 Å². The second-order valence-electron chi connectivity index (χ2n) is 1.93. The van der Waals surface area contributed by atoms with Gasteiger partial charge in [-0.1, -0.05) is 6.04 Å². The lowest BCUT2D eigenvalue weighted by Gasteiger charge is -2.01. The number of methoxy groups -OCH3 is 1. The fraction of sp³-hybridized carbons (Fsp3) is 0.222. The number of hydrogen-bond donors (Lipinski definition) is 0. The molecule has 1 aromatic carbocycles. The van der Waals surface area contributed by atoms with E-state index in [1.807, 2.05) is 0 Å². The summed E-state index contributed by atoms with van der Waals surface area (Å²) in [4.78, 5) is 11.4. The van der Waals surface area contributed by atoms with Crippen molar-refractivity contribution in [3.8, 4) is 0 Å². The molecule has 3 heteroatoms. The van der Waals surface area contributed by atoms with Gasteiger partial charge in [0.1, 0.15) is 0 Å². The van der Waals surface area contributed by atoms with Crippen LogP contribution in [0.5, 0.6) is 0 Å². The van der Waals surface area contributed by atoms with Gasteiger partial charge in [-0.15, -0.1) is 0 Å². The highest BCUT2D eigenvalue weighted by molar-refractivity contribution is 14.1. The van der Waals surface area contributed by atoms with E-state index in [2.05, 4.69) is 4.74 Å². The van der Waals surface area contributed by atoms with Crippen LogP contribution in [0.3, 0.4) is 0 Å². The first-order valence-electron chi connectivity index (χ1n) is 6.01. The third-order valence-electron chi connectivity index (χ3n) is 1.16. The molecule has 0 amide bonds. The lowest BCUT2D eigenvalue weighted by Crippen LogP contribution is -2.01. The average molecular weight is 282 g/mol. The van der Waals surface area contributed by atoms with E-state index in [1.54, 1.807) is 22.6 Å². The molecule has 0 aliphatic heterocycles. The minimum atomic E-state index is -2.60. The molecule has 0 N–H and O–H groups in total. The van der Waals surface area contributed by atoms with Gasteiger partial charge in [-0.3, -0.25) is 0 Å². The van der Waals surface area contributed by atoms with Crippen molar-refractivity contribution in [2.45, 2.75) is 6.85 Å². The maximum Gasteiger partial charge on any atom is 0.337 e. The molecule has 0 fully saturated rings. The summed E-state index contributed by atoms with van der Waals surface area (Å²) in [6.07, 6.45) is 0. The molecule has 0 aliphatic carbocycles. The van der Waals surface area contributed by atoms with Gasteiger partial charge in [0.05, 0.1) is 16.8 Å². The molecule has 0 radical (unpaired) electrons. The number of hydrogen-bond acceptors (Lipinski definition) is 2. The molecule has 1 rings (SSSR count). The highest BCUT2D eigenvalue weighted by atomic mass is 127. The van der Waals surface area contributed by atoms with Gasteiger partial charge in [0.15, 0.2) is 0 Å². The van der Waals surface area contributed by atoms with Crippen molar-refractivity contribution in [3.63, 3.8) is 0 Å². The highest BCUT2D eigenvalue weighted by Gasteiger charge is 2.05. The molecule has 0 atom stereocenters. The van der Waals surface area contributed by atoms with Crippen molar-refractivity contribution in [2.24, 2.45) is 0 Å². The molecular formula is C9H9IO2. The summed E-state index contributed by atoms with van der Waals surface area (Å²) in [5.41, 5.74) is -0.773. The Hall–Kier alpha value is -0.580. The number of rotatable bonds is 1. The van der Waals surface area contributed by atoms with Crippen molar-refractivity contribution >= 4 is 28.6 Å². The summed E-state index contributed by atoms with van der Waals surface area (Å²) >= 11 is 1.59. The molecule has 0 aliphatic rings. The summed E-state index contributed by atoms with van der Waals surface area (Å²) in [7, 11) is 1.09. The summed E-state index contributed by atoms with van der Waals surface area (Å²) in [5.74, 6) is -0.923. The zero-order valence-electron chi connectivity index (χ0n) is 12.2. The van der Waals surface area contributed by atoms with Crippen LogP contribution in [0.4, 0.5) is 0 Å². The van der Waals surface area contributed by atoms with Crippen LogP contribution in [-0.4, -0.2) is 13.1 Å². The number of carbonyl (C=O) groups is 1. The standard InChI is InChI=1S/C9H9IO2/c1-6-3-4-7(5-8(6)10)9(11)12-2/h3-5H,1-2H3/i1D3,3D,4D,5D. The van der Waals surface area contributed by atoms with Crippen LogP contribution in [0.1, 0.15) is 24.1 Å². The monoisotopic (exact) mass is 282 g/mol. The van der Waals surface area contributed by atoms with E-state index < -0.39 is 30.9 Å². The maximum atomic E-state index is 11.4. The molecule has 1 aromatic rings. The normalized spacial score (nSPS) is 17.8. The molecule has 0 spiro atoms. The highest BCUT2D eigenvalue weighted by Crippen LogP contribution is 2.13. The Morgan fingerprint density at radius 1 is 1.75 bits per heavy atom. The van der Waals surface area contributed by atoms with Gasteiger partial charge in [0.25, 0.3) is 0 Å². The van der Waals surface area contributed by atoms with Crippen LogP contribution in [0.25, 0.3) is 0 Å². The number of carbonyl (C=O) groups excluding carboxylic acids is 1. The van der Waals surface area contributed by atoms with E-state index >= 15 is 0 Å². The van der Waals surface area contributed by atoms with Crippen LogP contribution in [0, 0.1) is 10.4 Å². The lowest BCUT2D eigenvalue weighted by atomic mass is 10.1.